The average molecular weight is 436 g/mol. The first-order valence-electron chi connectivity index (χ1n) is 10.1. The number of nitrogens with one attached hydrogen (secondary N) is 1. The number of carbonyl (C=O) groups excluding carboxylic acids is 2. The molecule has 3 rings (SSSR count). The maximum Gasteiger partial charge on any atom is 0.341 e. The third-order valence-electron chi connectivity index (χ3n) is 4.49. The second-order valence-electron chi connectivity index (χ2n) is 6.76. The summed E-state index contributed by atoms with van der Waals surface area (Å²) < 4.78 is 10.7. The van der Waals surface area contributed by atoms with Gasteiger partial charge in [0.15, 0.2) is 0 Å². The Balaban J connectivity index is 1.80. The van der Waals surface area contributed by atoms with Gasteiger partial charge < -0.3 is 14.8 Å². The fourth-order valence-electron chi connectivity index (χ4n) is 2.97. The van der Waals surface area contributed by atoms with E-state index in [0.29, 0.717) is 17.2 Å². The molecule has 0 bridgehead atoms. The van der Waals surface area contributed by atoms with E-state index in [2.05, 4.69) is 5.32 Å². The number of hydrogen-bond donors (Lipinski definition) is 1. The van der Waals surface area contributed by atoms with Gasteiger partial charge in [0.05, 0.1) is 13.2 Å². The van der Waals surface area contributed by atoms with Crippen molar-refractivity contribution < 1.29 is 19.1 Å². The van der Waals surface area contributed by atoms with Crippen molar-refractivity contribution in [2.75, 3.05) is 18.5 Å². The van der Waals surface area contributed by atoms with Crippen molar-refractivity contribution in [3.63, 3.8) is 0 Å². The summed E-state index contributed by atoms with van der Waals surface area (Å²) in [6.45, 7) is 6.55. The van der Waals surface area contributed by atoms with Gasteiger partial charge in [0.1, 0.15) is 16.3 Å². The molecular weight excluding hydrogens is 410 g/mol. The van der Waals surface area contributed by atoms with Crippen molar-refractivity contribution in [3.8, 4) is 16.9 Å². The number of benzene rings is 2. The second-order valence-corrected chi connectivity index (χ2v) is 7.64. The van der Waals surface area contributed by atoms with Crippen LogP contribution in [0.1, 0.15) is 35.3 Å². The largest absolute Gasteiger partial charge is 0.494 e. The minimum absolute atomic E-state index is 0.257. The predicted octanol–water partition coefficient (Wildman–Crippen LogP) is 5.95. The van der Waals surface area contributed by atoms with Crippen LogP contribution in [0, 0.1) is 6.92 Å². The highest BCUT2D eigenvalue weighted by Crippen LogP contribution is 2.36. The molecule has 0 fully saturated rings. The lowest BCUT2D eigenvalue weighted by Crippen LogP contribution is -2.12. The third-order valence-corrected chi connectivity index (χ3v) is 5.38. The van der Waals surface area contributed by atoms with E-state index in [4.69, 9.17) is 9.47 Å². The van der Waals surface area contributed by atoms with Gasteiger partial charge in [0, 0.05) is 17.0 Å². The quantitative estimate of drug-likeness (QED) is 0.351. The molecule has 1 aromatic heterocycles. The standard InChI is InChI=1S/C25H25NO4S/c1-4-29-20-13-8-18(9-14-20)10-15-22(27)26-24-23(25(28)30-5-2)21(16-31-24)19-11-6-17(3)7-12-19/h6-16H,4-5H2,1-3H3,(H,26,27). The summed E-state index contributed by atoms with van der Waals surface area (Å²) >= 11 is 1.30. The van der Waals surface area contributed by atoms with Gasteiger partial charge in [-0.05, 0) is 50.1 Å². The van der Waals surface area contributed by atoms with Gasteiger partial charge in [-0.3, -0.25) is 4.79 Å². The van der Waals surface area contributed by atoms with Crippen LogP contribution in [0.15, 0.2) is 60.0 Å². The van der Waals surface area contributed by atoms with Crippen LogP contribution in [-0.2, 0) is 9.53 Å². The number of anilines is 1. The summed E-state index contributed by atoms with van der Waals surface area (Å²) in [6, 6.07) is 15.3. The molecule has 1 heterocycles. The third kappa shape index (κ3) is 5.83. The summed E-state index contributed by atoms with van der Waals surface area (Å²) in [4.78, 5) is 25.1. The molecular formula is C25H25NO4S. The minimum Gasteiger partial charge on any atom is -0.494 e. The van der Waals surface area contributed by atoms with Gasteiger partial charge in [0.25, 0.3) is 0 Å². The van der Waals surface area contributed by atoms with Crippen LogP contribution < -0.4 is 10.1 Å². The molecule has 0 unspecified atom stereocenters. The van der Waals surface area contributed by atoms with Crippen LogP contribution in [0.25, 0.3) is 17.2 Å². The predicted molar refractivity (Wildman–Crippen MR) is 126 cm³/mol. The molecule has 0 aliphatic rings. The zero-order chi connectivity index (χ0) is 22.2. The molecule has 0 spiro atoms. The molecule has 0 radical (unpaired) electrons. The van der Waals surface area contributed by atoms with E-state index in [1.165, 1.54) is 17.4 Å². The SMILES string of the molecule is CCOC(=O)c1c(-c2ccc(C)cc2)csc1NC(=O)C=Cc1ccc(OCC)cc1. The van der Waals surface area contributed by atoms with Crippen LogP contribution >= 0.6 is 11.3 Å². The molecule has 0 atom stereocenters. The smallest absolute Gasteiger partial charge is 0.341 e. The van der Waals surface area contributed by atoms with Gasteiger partial charge in [-0.25, -0.2) is 4.79 Å². The Morgan fingerprint density at radius 3 is 2.35 bits per heavy atom. The van der Waals surface area contributed by atoms with Crippen LogP contribution in [0.3, 0.4) is 0 Å². The number of amides is 1. The lowest BCUT2D eigenvalue weighted by atomic mass is 10.0. The molecule has 0 saturated carbocycles. The first-order chi connectivity index (χ1) is 15.0. The number of aryl methyl sites for hydroxylation is 1. The number of hydrogen-bond acceptors (Lipinski definition) is 5. The Morgan fingerprint density at radius 2 is 1.71 bits per heavy atom. The summed E-state index contributed by atoms with van der Waals surface area (Å²) in [6.07, 6.45) is 3.15. The summed E-state index contributed by atoms with van der Waals surface area (Å²) in [5.41, 5.74) is 4.02. The molecule has 1 N–H and O–H groups in total. The summed E-state index contributed by atoms with van der Waals surface area (Å²) in [5.74, 6) is 0.00672. The zero-order valence-electron chi connectivity index (χ0n) is 17.8. The molecule has 2 aromatic carbocycles. The Labute approximate surface area is 186 Å². The fourth-order valence-corrected chi connectivity index (χ4v) is 3.93. The van der Waals surface area contributed by atoms with E-state index in [9.17, 15) is 9.59 Å². The van der Waals surface area contributed by atoms with E-state index in [-0.39, 0.29) is 12.5 Å². The molecule has 1 amide bonds. The maximum absolute atomic E-state index is 12.6. The van der Waals surface area contributed by atoms with Gasteiger partial charge >= 0.3 is 5.97 Å². The number of thiophene rings is 1. The molecule has 5 nitrogen and oxygen atoms in total. The zero-order valence-corrected chi connectivity index (χ0v) is 18.6. The van der Waals surface area contributed by atoms with Crippen LogP contribution in [0.5, 0.6) is 5.75 Å². The average Bonchev–Trinajstić information content (AvgIpc) is 3.17. The molecule has 0 aliphatic heterocycles. The Hall–Kier alpha value is -3.38. The lowest BCUT2D eigenvalue weighted by molar-refractivity contribution is -0.111. The Bertz CT molecular complexity index is 1070. The van der Waals surface area contributed by atoms with Crippen molar-refractivity contribution in [1.82, 2.24) is 0 Å². The molecule has 160 valence electrons. The van der Waals surface area contributed by atoms with E-state index in [1.807, 2.05) is 67.8 Å². The highest BCUT2D eigenvalue weighted by atomic mass is 32.1. The molecule has 31 heavy (non-hydrogen) atoms. The van der Waals surface area contributed by atoms with E-state index >= 15 is 0 Å². The van der Waals surface area contributed by atoms with Gasteiger partial charge in [-0.15, -0.1) is 11.3 Å². The van der Waals surface area contributed by atoms with Crippen molar-refractivity contribution in [2.45, 2.75) is 20.8 Å². The van der Waals surface area contributed by atoms with E-state index in [1.54, 1.807) is 13.0 Å². The van der Waals surface area contributed by atoms with Gasteiger partial charge in [-0.2, -0.15) is 0 Å². The van der Waals surface area contributed by atoms with Crippen molar-refractivity contribution in [1.29, 1.82) is 0 Å². The Morgan fingerprint density at radius 1 is 1.00 bits per heavy atom. The minimum atomic E-state index is -0.454. The number of esters is 1. The number of carbonyl (C=O) groups is 2. The molecule has 6 heteroatoms. The van der Waals surface area contributed by atoms with Crippen molar-refractivity contribution in [3.05, 3.63) is 76.7 Å². The van der Waals surface area contributed by atoms with Gasteiger partial charge in [-0.1, -0.05) is 42.0 Å². The van der Waals surface area contributed by atoms with Gasteiger partial charge in [0.2, 0.25) is 5.91 Å². The van der Waals surface area contributed by atoms with Crippen LogP contribution in [0.2, 0.25) is 0 Å². The summed E-state index contributed by atoms with van der Waals surface area (Å²) in [7, 11) is 0. The monoisotopic (exact) mass is 435 g/mol. The van der Waals surface area contributed by atoms with Crippen molar-refractivity contribution in [2.24, 2.45) is 0 Å². The molecule has 0 aliphatic carbocycles. The highest BCUT2D eigenvalue weighted by molar-refractivity contribution is 7.15. The van der Waals surface area contributed by atoms with Crippen molar-refractivity contribution >= 4 is 34.3 Å². The highest BCUT2D eigenvalue weighted by Gasteiger charge is 2.22. The second kappa shape index (κ2) is 10.6. The normalized spacial score (nSPS) is 10.8. The van der Waals surface area contributed by atoms with Crippen LogP contribution in [-0.4, -0.2) is 25.1 Å². The first-order valence-corrected chi connectivity index (χ1v) is 11.0. The Kier molecular flexibility index (Phi) is 7.62. The molecule has 0 saturated heterocycles. The molecule has 3 aromatic rings. The number of ether oxygens (including phenoxy) is 2. The maximum atomic E-state index is 12.6. The van der Waals surface area contributed by atoms with Crippen LogP contribution in [0.4, 0.5) is 5.00 Å². The fraction of sp³-hybridized carbons (Fsp3) is 0.200. The summed E-state index contributed by atoms with van der Waals surface area (Å²) in [5, 5.41) is 5.15. The lowest BCUT2D eigenvalue weighted by Gasteiger charge is -2.08. The van der Waals surface area contributed by atoms with E-state index < -0.39 is 5.97 Å². The number of rotatable bonds is 8. The topological polar surface area (TPSA) is 64.6 Å². The first kappa shape index (κ1) is 22.3. The van der Waals surface area contributed by atoms with E-state index in [0.717, 1.165) is 28.0 Å².